The summed E-state index contributed by atoms with van der Waals surface area (Å²) in [5.74, 6) is 0. The molecular weight excluding hydrogens is 176 g/mol. The Morgan fingerprint density at radius 1 is 1.36 bits per heavy atom. The third-order valence-corrected chi connectivity index (χ3v) is 2.81. The van der Waals surface area contributed by atoms with E-state index in [1.807, 2.05) is 0 Å². The van der Waals surface area contributed by atoms with Crippen LogP contribution in [-0.2, 0) is 10.3 Å². The number of rotatable bonds is 4. The molecule has 1 aromatic rings. The standard InChI is InChI=1S/C12H16O2/c1-10-3-5-11(6-4-10)12(9-14-12)7-2-8-13/h3-6,13H,2,7-9H2,1H3. The van der Waals surface area contributed by atoms with Crippen molar-refractivity contribution in [3.8, 4) is 0 Å². The predicted octanol–water partition coefficient (Wildman–Crippen LogP) is 1.99. The number of hydrogen-bond acceptors (Lipinski definition) is 2. The lowest BCUT2D eigenvalue weighted by Gasteiger charge is -2.11. The fraction of sp³-hybridized carbons (Fsp3) is 0.500. The summed E-state index contributed by atoms with van der Waals surface area (Å²) in [7, 11) is 0. The van der Waals surface area contributed by atoms with Crippen molar-refractivity contribution in [3.05, 3.63) is 35.4 Å². The van der Waals surface area contributed by atoms with Crippen LogP contribution in [-0.4, -0.2) is 18.3 Å². The molecule has 0 bridgehead atoms. The lowest BCUT2D eigenvalue weighted by molar-refractivity contribution is 0.239. The van der Waals surface area contributed by atoms with Crippen molar-refractivity contribution in [3.63, 3.8) is 0 Å². The molecule has 2 heteroatoms. The van der Waals surface area contributed by atoms with Crippen LogP contribution in [0, 0.1) is 6.92 Å². The van der Waals surface area contributed by atoms with Crippen LogP contribution >= 0.6 is 0 Å². The maximum Gasteiger partial charge on any atom is 0.117 e. The molecule has 1 N–H and O–H groups in total. The van der Waals surface area contributed by atoms with E-state index in [9.17, 15) is 0 Å². The van der Waals surface area contributed by atoms with Crippen molar-refractivity contribution in [2.45, 2.75) is 25.4 Å². The summed E-state index contributed by atoms with van der Waals surface area (Å²) in [5, 5.41) is 8.79. The summed E-state index contributed by atoms with van der Waals surface area (Å²) >= 11 is 0. The number of aryl methyl sites for hydroxylation is 1. The minimum Gasteiger partial charge on any atom is -0.396 e. The highest BCUT2D eigenvalue weighted by Crippen LogP contribution is 2.42. The number of epoxide rings is 1. The number of ether oxygens (including phenoxy) is 1. The summed E-state index contributed by atoms with van der Waals surface area (Å²) < 4.78 is 5.51. The third kappa shape index (κ3) is 1.81. The lowest BCUT2D eigenvalue weighted by atomic mass is 9.94. The Hall–Kier alpha value is -0.860. The molecule has 14 heavy (non-hydrogen) atoms. The van der Waals surface area contributed by atoms with E-state index < -0.39 is 0 Å². The zero-order valence-corrected chi connectivity index (χ0v) is 8.49. The van der Waals surface area contributed by atoms with Gasteiger partial charge in [0, 0.05) is 6.61 Å². The first-order valence-electron chi connectivity index (χ1n) is 5.09. The van der Waals surface area contributed by atoms with Gasteiger partial charge in [0.15, 0.2) is 0 Å². The maximum absolute atomic E-state index is 8.79. The summed E-state index contributed by atoms with van der Waals surface area (Å²) in [6, 6.07) is 8.47. The van der Waals surface area contributed by atoms with Crippen molar-refractivity contribution in [2.75, 3.05) is 13.2 Å². The van der Waals surface area contributed by atoms with Crippen LogP contribution in [0.3, 0.4) is 0 Å². The zero-order chi connectivity index (χ0) is 10.0. The van der Waals surface area contributed by atoms with E-state index in [0.29, 0.717) is 0 Å². The van der Waals surface area contributed by atoms with Crippen molar-refractivity contribution in [1.29, 1.82) is 0 Å². The van der Waals surface area contributed by atoms with Gasteiger partial charge < -0.3 is 9.84 Å². The number of benzene rings is 1. The van der Waals surface area contributed by atoms with E-state index >= 15 is 0 Å². The highest BCUT2D eigenvalue weighted by Gasteiger charge is 2.45. The van der Waals surface area contributed by atoms with E-state index in [0.717, 1.165) is 19.4 Å². The minimum atomic E-state index is -0.0730. The van der Waals surface area contributed by atoms with Crippen molar-refractivity contribution in [1.82, 2.24) is 0 Å². The second-order valence-electron chi connectivity index (χ2n) is 3.98. The SMILES string of the molecule is Cc1ccc(C2(CCCO)CO2)cc1. The van der Waals surface area contributed by atoms with Crippen LogP contribution < -0.4 is 0 Å². The first kappa shape index (κ1) is 9.69. The first-order valence-corrected chi connectivity index (χ1v) is 5.09. The summed E-state index contributed by atoms with van der Waals surface area (Å²) in [6.45, 7) is 3.13. The van der Waals surface area contributed by atoms with Gasteiger partial charge in [-0.3, -0.25) is 0 Å². The highest BCUT2D eigenvalue weighted by atomic mass is 16.6. The Balaban J connectivity index is 2.10. The van der Waals surface area contributed by atoms with E-state index in [4.69, 9.17) is 9.84 Å². The molecule has 1 aliphatic heterocycles. The summed E-state index contributed by atoms with van der Waals surface area (Å²) in [5.41, 5.74) is 2.44. The molecule has 2 nitrogen and oxygen atoms in total. The second kappa shape index (κ2) is 3.71. The van der Waals surface area contributed by atoms with Gasteiger partial charge in [-0.2, -0.15) is 0 Å². The van der Waals surface area contributed by atoms with Crippen LogP contribution in [0.15, 0.2) is 24.3 Å². The Morgan fingerprint density at radius 3 is 2.50 bits per heavy atom. The van der Waals surface area contributed by atoms with Gasteiger partial charge in [0.05, 0.1) is 6.61 Å². The van der Waals surface area contributed by atoms with Gasteiger partial charge in [-0.25, -0.2) is 0 Å². The number of hydrogen-bond donors (Lipinski definition) is 1. The summed E-state index contributed by atoms with van der Waals surface area (Å²) in [6.07, 6.45) is 1.74. The molecule has 76 valence electrons. The maximum atomic E-state index is 8.79. The molecule has 1 atom stereocenters. The average Bonchev–Trinajstić information content (AvgIpc) is 2.97. The second-order valence-corrected chi connectivity index (χ2v) is 3.98. The fourth-order valence-corrected chi connectivity index (χ4v) is 1.76. The Labute approximate surface area is 84.5 Å². The molecule has 1 heterocycles. The van der Waals surface area contributed by atoms with Crippen LogP contribution in [0.1, 0.15) is 24.0 Å². The number of aliphatic hydroxyl groups excluding tert-OH is 1. The first-order chi connectivity index (χ1) is 6.77. The normalized spacial score (nSPS) is 25.0. The van der Waals surface area contributed by atoms with Gasteiger partial charge in [-0.1, -0.05) is 29.8 Å². The molecular formula is C12H16O2. The number of aliphatic hydroxyl groups is 1. The monoisotopic (exact) mass is 192 g/mol. The van der Waals surface area contributed by atoms with Gasteiger partial charge in [-0.05, 0) is 25.3 Å². The largest absolute Gasteiger partial charge is 0.396 e. The van der Waals surface area contributed by atoms with Crippen LogP contribution in [0.2, 0.25) is 0 Å². The molecule has 0 aromatic heterocycles. The van der Waals surface area contributed by atoms with E-state index in [1.54, 1.807) is 0 Å². The molecule has 1 aliphatic rings. The van der Waals surface area contributed by atoms with E-state index in [-0.39, 0.29) is 12.2 Å². The molecule has 0 aliphatic carbocycles. The van der Waals surface area contributed by atoms with Crippen molar-refractivity contribution >= 4 is 0 Å². The third-order valence-electron chi connectivity index (χ3n) is 2.81. The van der Waals surface area contributed by atoms with Gasteiger partial charge >= 0.3 is 0 Å². The van der Waals surface area contributed by atoms with Crippen LogP contribution in [0.5, 0.6) is 0 Å². The van der Waals surface area contributed by atoms with Gasteiger partial charge in [-0.15, -0.1) is 0 Å². The topological polar surface area (TPSA) is 32.8 Å². The Bertz CT molecular complexity index is 299. The van der Waals surface area contributed by atoms with Gasteiger partial charge in [0.1, 0.15) is 5.60 Å². The molecule has 0 spiro atoms. The highest BCUT2D eigenvalue weighted by molar-refractivity contribution is 5.29. The Kier molecular flexibility index (Phi) is 2.57. The fourth-order valence-electron chi connectivity index (χ4n) is 1.76. The molecule has 1 fully saturated rings. The molecule has 0 radical (unpaired) electrons. The summed E-state index contributed by atoms with van der Waals surface area (Å²) in [4.78, 5) is 0. The lowest BCUT2D eigenvalue weighted by Crippen LogP contribution is -2.09. The predicted molar refractivity (Wildman–Crippen MR) is 55.1 cm³/mol. The molecule has 1 unspecified atom stereocenters. The Morgan fingerprint density at radius 2 is 2.00 bits per heavy atom. The van der Waals surface area contributed by atoms with Crippen LogP contribution in [0.4, 0.5) is 0 Å². The van der Waals surface area contributed by atoms with E-state index in [2.05, 4.69) is 31.2 Å². The van der Waals surface area contributed by atoms with Crippen LogP contribution in [0.25, 0.3) is 0 Å². The van der Waals surface area contributed by atoms with Crippen molar-refractivity contribution < 1.29 is 9.84 Å². The molecule has 1 saturated heterocycles. The van der Waals surface area contributed by atoms with Gasteiger partial charge in [0.25, 0.3) is 0 Å². The average molecular weight is 192 g/mol. The van der Waals surface area contributed by atoms with Gasteiger partial charge in [0.2, 0.25) is 0 Å². The zero-order valence-electron chi connectivity index (χ0n) is 8.49. The van der Waals surface area contributed by atoms with E-state index in [1.165, 1.54) is 11.1 Å². The molecule has 0 amide bonds. The quantitative estimate of drug-likeness (QED) is 0.740. The smallest absolute Gasteiger partial charge is 0.117 e. The molecule has 0 saturated carbocycles. The molecule has 2 rings (SSSR count). The minimum absolute atomic E-state index is 0.0730. The molecule has 1 aromatic carbocycles. The van der Waals surface area contributed by atoms with Crippen molar-refractivity contribution in [2.24, 2.45) is 0 Å².